The van der Waals surface area contributed by atoms with E-state index in [9.17, 15) is 4.79 Å². The molecule has 16 heavy (non-hydrogen) atoms. The summed E-state index contributed by atoms with van der Waals surface area (Å²) in [4.78, 5) is 15.9. The molecule has 0 aromatic carbocycles. The Hall–Kier alpha value is -1.84. The van der Waals surface area contributed by atoms with Crippen molar-refractivity contribution in [3.63, 3.8) is 0 Å². The number of hydrogen-bond donors (Lipinski definition) is 0. The minimum atomic E-state index is 0.0966. The zero-order valence-corrected chi connectivity index (χ0v) is 8.91. The molecule has 0 amide bonds. The van der Waals surface area contributed by atoms with Crippen LogP contribution < -0.4 is 5.69 Å². The molecule has 0 unspecified atom stereocenters. The number of imidazole rings is 1. The van der Waals surface area contributed by atoms with Crippen molar-refractivity contribution in [2.75, 3.05) is 0 Å². The zero-order valence-electron chi connectivity index (χ0n) is 8.91. The van der Waals surface area contributed by atoms with Gasteiger partial charge in [0.1, 0.15) is 0 Å². The highest BCUT2D eigenvalue weighted by Crippen LogP contribution is 2.33. The van der Waals surface area contributed by atoms with Gasteiger partial charge in [-0.3, -0.25) is 14.1 Å². The first kappa shape index (κ1) is 9.39. The summed E-state index contributed by atoms with van der Waals surface area (Å²) in [7, 11) is 0. The lowest BCUT2D eigenvalue weighted by Crippen LogP contribution is -2.23. The summed E-state index contributed by atoms with van der Waals surface area (Å²) in [5.41, 5.74) is 1.20. The number of nitrogens with zero attached hydrogens (tertiary/aromatic N) is 3. The third-order valence-corrected chi connectivity index (χ3v) is 2.92. The van der Waals surface area contributed by atoms with Crippen LogP contribution in [0.5, 0.6) is 0 Å². The van der Waals surface area contributed by atoms with E-state index < -0.39 is 0 Å². The highest BCUT2D eigenvalue weighted by molar-refractivity contribution is 5.10. The maximum Gasteiger partial charge on any atom is 0.328 e. The molecule has 2 aromatic heterocycles. The molecule has 2 aromatic rings. The minimum Gasteiger partial charge on any atom is -0.296 e. The maximum absolute atomic E-state index is 12.0. The molecule has 4 heteroatoms. The van der Waals surface area contributed by atoms with E-state index in [1.54, 1.807) is 17.0 Å². The van der Waals surface area contributed by atoms with E-state index in [4.69, 9.17) is 0 Å². The molecule has 82 valence electrons. The monoisotopic (exact) mass is 215 g/mol. The summed E-state index contributed by atoms with van der Waals surface area (Å²) >= 11 is 0. The Labute approximate surface area is 93.2 Å². The average Bonchev–Trinajstić information content (AvgIpc) is 3.08. The molecule has 1 fully saturated rings. The predicted molar refractivity (Wildman–Crippen MR) is 60.3 cm³/mol. The van der Waals surface area contributed by atoms with Gasteiger partial charge in [0.15, 0.2) is 0 Å². The van der Waals surface area contributed by atoms with Crippen LogP contribution in [0, 0.1) is 0 Å². The van der Waals surface area contributed by atoms with Crippen molar-refractivity contribution in [2.45, 2.75) is 25.4 Å². The Morgan fingerprint density at radius 1 is 1.25 bits per heavy atom. The van der Waals surface area contributed by atoms with E-state index in [-0.39, 0.29) is 5.69 Å². The minimum absolute atomic E-state index is 0.0966. The molecule has 4 nitrogen and oxygen atoms in total. The Balaban J connectivity index is 1.88. The van der Waals surface area contributed by atoms with Crippen molar-refractivity contribution >= 4 is 0 Å². The first-order valence-electron chi connectivity index (χ1n) is 5.51. The summed E-state index contributed by atoms with van der Waals surface area (Å²) in [6.45, 7) is 0.626. The van der Waals surface area contributed by atoms with Gasteiger partial charge in [0.25, 0.3) is 0 Å². The third-order valence-electron chi connectivity index (χ3n) is 2.92. The third kappa shape index (κ3) is 1.66. The van der Waals surface area contributed by atoms with Gasteiger partial charge in [0.2, 0.25) is 0 Å². The van der Waals surface area contributed by atoms with E-state index in [0.717, 1.165) is 18.4 Å². The van der Waals surface area contributed by atoms with Gasteiger partial charge in [-0.1, -0.05) is 0 Å². The van der Waals surface area contributed by atoms with Crippen LogP contribution in [0.25, 0.3) is 0 Å². The number of hydrogen-bond acceptors (Lipinski definition) is 2. The normalized spacial score (nSPS) is 15.2. The van der Waals surface area contributed by atoms with Crippen molar-refractivity contribution in [1.82, 2.24) is 14.1 Å². The molecule has 2 heterocycles. The molecule has 1 aliphatic rings. The smallest absolute Gasteiger partial charge is 0.296 e. The van der Waals surface area contributed by atoms with Crippen molar-refractivity contribution < 1.29 is 0 Å². The van der Waals surface area contributed by atoms with Gasteiger partial charge in [0.05, 0.1) is 6.54 Å². The standard InChI is InChI=1S/C12H13N3O/c16-12-14(7-8-15(12)11-1-2-11)9-10-3-5-13-6-4-10/h3-8,11H,1-2,9H2. The number of rotatable bonds is 3. The molecule has 1 saturated carbocycles. The average molecular weight is 215 g/mol. The van der Waals surface area contributed by atoms with Crippen LogP contribution in [-0.2, 0) is 6.54 Å². The molecule has 0 bridgehead atoms. The van der Waals surface area contributed by atoms with Gasteiger partial charge in [-0.15, -0.1) is 0 Å². The molecule has 0 N–H and O–H groups in total. The van der Waals surface area contributed by atoms with Crippen LogP contribution in [0.1, 0.15) is 24.4 Å². The second kappa shape index (κ2) is 3.63. The van der Waals surface area contributed by atoms with E-state index in [1.165, 1.54) is 0 Å². The maximum atomic E-state index is 12.0. The first-order valence-corrected chi connectivity index (χ1v) is 5.51. The SMILES string of the molecule is O=c1n(Cc2ccncc2)ccn1C1CC1. The van der Waals surface area contributed by atoms with E-state index in [1.807, 2.05) is 29.1 Å². The van der Waals surface area contributed by atoms with Gasteiger partial charge in [-0.05, 0) is 30.5 Å². The van der Waals surface area contributed by atoms with E-state index in [0.29, 0.717) is 12.6 Å². The van der Waals surface area contributed by atoms with Crippen molar-refractivity contribution in [2.24, 2.45) is 0 Å². The highest BCUT2D eigenvalue weighted by Gasteiger charge is 2.25. The first-order chi connectivity index (χ1) is 7.84. The summed E-state index contributed by atoms with van der Waals surface area (Å²) in [5.74, 6) is 0. The summed E-state index contributed by atoms with van der Waals surface area (Å²) < 4.78 is 3.58. The molecule has 0 saturated heterocycles. The second-order valence-corrected chi connectivity index (χ2v) is 4.20. The van der Waals surface area contributed by atoms with Crippen LogP contribution in [0.3, 0.4) is 0 Å². The topological polar surface area (TPSA) is 39.8 Å². The fraction of sp³-hybridized carbons (Fsp3) is 0.333. The molecule has 1 aliphatic carbocycles. The molecule has 0 spiro atoms. The van der Waals surface area contributed by atoms with Crippen LogP contribution >= 0.6 is 0 Å². The van der Waals surface area contributed by atoms with Gasteiger partial charge in [-0.25, -0.2) is 4.79 Å². The van der Waals surface area contributed by atoms with Crippen LogP contribution in [0.4, 0.5) is 0 Å². The lowest BCUT2D eigenvalue weighted by atomic mass is 10.3. The van der Waals surface area contributed by atoms with Crippen LogP contribution in [0.2, 0.25) is 0 Å². The molecular weight excluding hydrogens is 202 g/mol. The molecule has 3 rings (SSSR count). The van der Waals surface area contributed by atoms with E-state index >= 15 is 0 Å². The van der Waals surface area contributed by atoms with E-state index in [2.05, 4.69) is 4.98 Å². The van der Waals surface area contributed by atoms with Gasteiger partial charge in [-0.2, -0.15) is 0 Å². The van der Waals surface area contributed by atoms with Gasteiger partial charge in [0, 0.05) is 30.8 Å². The second-order valence-electron chi connectivity index (χ2n) is 4.20. The number of pyridine rings is 1. The lowest BCUT2D eigenvalue weighted by molar-refractivity contribution is 0.656. The summed E-state index contributed by atoms with van der Waals surface area (Å²) in [6.07, 6.45) is 9.52. The molecule has 0 atom stereocenters. The molecule has 0 aliphatic heterocycles. The largest absolute Gasteiger partial charge is 0.328 e. The van der Waals surface area contributed by atoms with Crippen molar-refractivity contribution in [3.8, 4) is 0 Å². The molecule has 0 radical (unpaired) electrons. The van der Waals surface area contributed by atoms with Crippen molar-refractivity contribution in [3.05, 3.63) is 53.0 Å². The Kier molecular flexibility index (Phi) is 2.13. The van der Waals surface area contributed by atoms with Crippen molar-refractivity contribution in [1.29, 1.82) is 0 Å². The Bertz CT molecular complexity index is 537. The summed E-state index contributed by atoms with van der Waals surface area (Å²) in [6, 6.07) is 4.31. The fourth-order valence-corrected chi connectivity index (χ4v) is 1.86. The molecular formula is C12H13N3O. The summed E-state index contributed by atoms with van der Waals surface area (Å²) in [5, 5.41) is 0. The highest BCUT2D eigenvalue weighted by atomic mass is 16.1. The number of aromatic nitrogens is 3. The van der Waals surface area contributed by atoms with Gasteiger partial charge >= 0.3 is 5.69 Å². The lowest BCUT2D eigenvalue weighted by Gasteiger charge is -2.01. The van der Waals surface area contributed by atoms with Gasteiger partial charge < -0.3 is 0 Å². The Morgan fingerprint density at radius 2 is 2.00 bits per heavy atom. The van der Waals surface area contributed by atoms with Crippen LogP contribution in [0.15, 0.2) is 41.7 Å². The predicted octanol–water partition coefficient (Wildman–Crippen LogP) is 1.43. The zero-order chi connectivity index (χ0) is 11.0. The fourth-order valence-electron chi connectivity index (χ4n) is 1.86. The quantitative estimate of drug-likeness (QED) is 0.777. The van der Waals surface area contributed by atoms with Crippen LogP contribution in [-0.4, -0.2) is 14.1 Å². The Morgan fingerprint density at radius 3 is 2.69 bits per heavy atom.